The topological polar surface area (TPSA) is 84.9 Å². The molecule has 1 aliphatic heterocycles. The van der Waals surface area contributed by atoms with Gasteiger partial charge in [-0.1, -0.05) is 0 Å². The highest BCUT2D eigenvalue weighted by molar-refractivity contribution is 7.89. The average molecular weight is 299 g/mol. The zero-order valence-corrected chi connectivity index (χ0v) is 11.8. The molecule has 20 heavy (non-hydrogen) atoms. The van der Waals surface area contributed by atoms with E-state index in [-0.39, 0.29) is 11.5 Å². The first-order valence-corrected chi connectivity index (χ1v) is 8.08. The first-order chi connectivity index (χ1) is 9.55. The molecule has 110 valence electrons. The summed E-state index contributed by atoms with van der Waals surface area (Å²) in [5.41, 5.74) is -0.702. The number of benzene rings is 1. The van der Waals surface area contributed by atoms with Crippen LogP contribution in [-0.4, -0.2) is 38.9 Å². The van der Waals surface area contributed by atoms with Gasteiger partial charge in [0.2, 0.25) is 10.0 Å². The molecule has 0 amide bonds. The first-order valence-electron chi connectivity index (χ1n) is 6.59. The standard InChI is InChI=1S/C13H17NO5S/c15-9-13(4-1-5-13)14-20(16,17)10-2-3-11-12(8-10)19-7-6-18-11/h2-3,8,14-15H,1,4-7,9H2. The first kappa shape index (κ1) is 13.7. The molecule has 6 nitrogen and oxygen atoms in total. The molecule has 1 aliphatic carbocycles. The van der Waals surface area contributed by atoms with Crippen LogP contribution in [0, 0.1) is 0 Å². The number of hydrogen-bond acceptors (Lipinski definition) is 5. The number of ether oxygens (including phenoxy) is 2. The van der Waals surface area contributed by atoms with Crippen LogP contribution in [0.15, 0.2) is 23.1 Å². The van der Waals surface area contributed by atoms with E-state index in [0.717, 1.165) is 6.42 Å². The fraction of sp³-hybridized carbons (Fsp3) is 0.538. The maximum Gasteiger partial charge on any atom is 0.241 e. The van der Waals surface area contributed by atoms with Crippen molar-refractivity contribution >= 4 is 10.0 Å². The van der Waals surface area contributed by atoms with Crippen LogP contribution in [0.5, 0.6) is 11.5 Å². The van der Waals surface area contributed by atoms with E-state index in [1.54, 1.807) is 6.07 Å². The summed E-state index contributed by atoms with van der Waals surface area (Å²) in [6, 6.07) is 4.54. The summed E-state index contributed by atoms with van der Waals surface area (Å²) >= 11 is 0. The van der Waals surface area contributed by atoms with Crippen LogP contribution in [0.1, 0.15) is 19.3 Å². The second-order valence-electron chi connectivity index (χ2n) is 5.20. The Bertz CT molecular complexity index is 604. The average Bonchev–Trinajstić information content (AvgIpc) is 2.42. The lowest BCUT2D eigenvalue weighted by molar-refractivity contribution is 0.110. The van der Waals surface area contributed by atoms with E-state index in [9.17, 15) is 13.5 Å². The van der Waals surface area contributed by atoms with E-state index in [4.69, 9.17) is 9.47 Å². The van der Waals surface area contributed by atoms with Gasteiger partial charge >= 0.3 is 0 Å². The largest absolute Gasteiger partial charge is 0.486 e. The summed E-state index contributed by atoms with van der Waals surface area (Å²) in [5, 5.41) is 9.37. The van der Waals surface area contributed by atoms with Gasteiger partial charge in [-0.3, -0.25) is 0 Å². The lowest BCUT2D eigenvalue weighted by Crippen LogP contribution is -2.55. The molecule has 2 N–H and O–H groups in total. The number of aliphatic hydroxyl groups excluding tert-OH is 1. The summed E-state index contributed by atoms with van der Waals surface area (Å²) in [6.45, 7) is 0.687. The molecule has 0 unspecified atom stereocenters. The lowest BCUT2D eigenvalue weighted by Gasteiger charge is -2.40. The number of sulfonamides is 1. The van der Waals surface area contributed by atoms with E-state index in [2.05, 4.69) is 4.72 Å². The Kier molecular flexibility index (Phi) is 3.35. The molecule has 3 rings (SSSR count). The SMILES string of the molecule is O=S(=O)(NC1(CO)CCC1)c1ccc2c(c1)OCCO2. The van der Waals surface area contributed by atoms with Crippen LogP contribution in [0.4, 0.5) is 0 Å². The quantitative estimate of drug-likeness (QED) is 0.853. The van der Waals surface area contributed by atoms with Crippen LogP contribution >= 0.6 is 0 Å². The minimum absolute atomic E-state index is 0.126. The predicted octanol–water partition coefficient (Wildman–Crippen LogP) is 0.651. The Morgan fingerprint density at radius 3 is 2.50 bits per heavy atom. The number of rotatable bonds is 4. The van der Waals surface area contributed by atoms with Crippen molar-refractivity contribution in [3.63, 3.8) is 0 Å². The summed E-state index contributed by atoms with van der Waals surface area (Å²) in [5.74, 6) is 0.987. The summed E-state index contributed by atoms with van der Waals surface area (Å²) in [7, 11) is -3.67. The van der Waals surface area contributed by atoms with Crippen molar-refractivity contribution in [2.45, 2.75) is 29.7 Å². The molecule has 1 heterocycles. The van der Waals surface area contributed by atoms with Crippen LogP contribution in [0.3, 0.4) is 0 Å². The Labute approximate surface area is 117 Å². The predicted molar refractivity (Wildman–Crippen MR) is 71.4 cm³/mol. The maximum atomic E-state index is 12.4. The Morgan fingerprint density at radius 1 is 1.20 bits per heavy atom. The molecule has 0 atom stereocenters. The Hall–Kier alpha value is -1.31. The van der Waals surface area contributed by atoms with Gasteiger partial charge in [-0.05, 0) is 31.4 Å². The summed E-state index contributed by atoms with van der Waals surface area (Å²) in [6.07, 6.45) is 2.24. The second-order valence-corrected chi connectivity index (χ2v) is 6.89. The van der Waals surface area contributed by atoms with Crippen LogP contribution in [0.25, 0.3) is 0 Å². The van der Waals surface area contributed by atoms with Gasteiger partial charge in [0, 0.05) is 6.07 Å². The maximum absolute atomic E-state index is 12.4. The molecular weight excluding hydrogens is 282 g/mol. The van der Waals surface area contributed by atoms with Crippen LogP contribution < -0.4 is 14.2 Å². The summed E-state index contributed by atoms with van der Waals surface area (Å²) in [4.78, 5) is 0.126. The zero-order valence-electron chi connectivity index (χ0n) is 11.0. The monoisotopic (exact) mass is 299 g/mol. The van der Waals surface area contributed by atoms with Crippen molar-refractivity contribution in [2.24, 2.45) is 0 Å². The zero-order chi connectivity index (χ0) is 14.2. The molecule has 2 aliphatic rings. The molecule has 1 aromatic rings. The molecular formula is C13H17NO5S. The highest BCUT2D eigenvalue weighted by Gasteiger charge is 2.40. The molecule has 1 saturated carbocycles. The fourth-order valence-corrected chi connectivity index (χ4v) is 3.90. The minimum atomic E-state index is -3.67. The van der Waals surface area contributed by atoms with E-state index < -0.39 is 15.6 Å². The molecule has 0 aromatic heterocycles. The molecule has 7 heteroatoms. The van der Waals surface area contributed by atoms with Crippen molar-refractivity contribution in [1.29, 1.82) is 0 Å². The second kappa shape index (κ2) is 4.91. The van der Waals surface area contributed by atoms with Crippen molar-refractivity contribution in [3.05, 3.63) is 18.2 Å². The van der Waals surface area contributed by atoms with E-state index in [0.29, 0.717) is 37.6 Å². The number of fused-ring (bicyclic) bond motifs is 1. The van der Waals surface area contributed by atoms with E-state index in [1.165, 1.54) is 12.1 Å². The van der Waals surface area contributed by atoms with Gasteiger partial charge in [-0.15, -0.1) is 0 Å². The van der Waals surface area contributed by atoms with Gasteiger partial charge in [0.1, 0.15) is 13.2 Å². The third kappa shape index (κ3) is 2.36. The normalized spacial score (nSPS) is 20.2. The number of hydrogen-bond donors (Lipinski definition) is 2. The van der Waals surface area contributed by atoms with Crippen molar-refractivity contribution in [3.8, 4) is 11.5 Å². The van der Waals surface area contributed by atoms with Gasteiger partial charge in [-0.2, -0.15) is 0 Å². The minimum Gasteiger partial charge on any atom is -0.486 e. The molecule has 1 fully saturated rings. The third-order valence-corrected chi connectivity index (χ3v) is 5.36. The Balaban J connectivity index is 1.87. The molecule has 0 bridgehead atoms. The molecule has 0 radical (unpaired) electrons. The summed E-state index contributed by atoms with van der Waals surface area (Å²) < 4.78 is 38.1. The van der Waals surface area contributed by atoms with Gasteiger partial charge in [0.05, 0.1) is 17.0 Å². The highest BCUT2D eigenvalue weighted by atomic mass is 32.2. The van der Waals surface area contributed by atoms with Gasteiger partial charge in [0.15, 0.2) is 11.5 Å². The molecule has 0 spiro atoms. The van der Waals surface area contributed by atoms with Gasteiger partial charge in [-0.25, -0.2) is 13.1 Å². The van der Waals surface area contributed by atoms with Gasteiger partial charge in [0.25, 0.3) is 0 Å². The smallest absolute Gasteiger partial charge is 0.241 e. The molecule has 0 saturated heterocycles. The van der Waals surface area contributed by atoms with Gasteiger partial charge < -0.3 is 14.6 Å². The van der Waals surface area contributed by atoms with Crippen molar-refractivity contribution in [2.75, 3.05) is 19.8 Å². The van der Waals surface area contributed by atoms with Crippen LogP contribution in [0.2, 0.25) is 0 Å². The third-order valence-electron chi connectivity index (χ3n) is 3.79. The highest BCUT2D eigenvalue weighted by Crippen LogP contribution is 2.35. The lowest BCUT2D eigenvalue weighted by atomic mass is 9.78. The van der Waals surface area contributed by atoms with E-state index >= 15 is 0 Å². The van der Waals surface area contributed by atoms with E-state index in [1.807, 2.05) is 0 Å². The molecule has 1 aromatic carbocycles. The number of nitrogens with one attached hydrogen (secondary N) is 1. The van der Waals surface area contributed by atoms with Crippen LogP contribution in [-0.2, 0) is 10.0 Å². The number of aliphatic hydroxyl groups is 1. The fourth-order valence-electron chi connectivity index (χ4n) is 2.43. The Morgan fingerprint density at radius 2 is 1.90 bits per heavy atom. The van der Waals surface area contributed by atoms with Crippen molar-refractivity contribution < 1.29 is 23.0 Å². The van der Waals surface area contributed by atoms with Crippen molar-refractivity contribution in [1.82, 2.24) is 4.72 Å².